The second-order valence-electron chi connectivity index (χ2n) is 2.69. The minimum absolute atomic E-state index is 0.0663. The largest absolute Gasteiger partial charge is 0.508 e. The molecule has 0 aliphatic heterocycles. The zero-order chi connectivity index (χ0) is 10.3. The van der Waals surface area contributed by atoms with Gasteiger partial charge in [-0.25, -0.2) is 4.79 Å². The maximum absolute atomic E-state index is 11.0. The topological polar surface area (TPSA) is 90.4 Å². The van der Waals surface area contributed by atoms with Crippen molar-refractivity contribution in [2.75, 3.05) is 0 Å². The molecule has 0 aliphatic carbocycles. The molecule has 1 aromatic carbocycles. The average Bonchev–Trinajstić information content (AvgIpc) is 2.42. The van der Waals surface area contributed by atoms with E-state index >= 15 is 0 Å². The van der Waals surface area contributed by atoms with E-state index in [0.29, 0.717) is 10.2 Å². The summed E-state index contributed by atoms with van der Waals surface area (Å²) in [5, 5.41) is 18.0. The number of thiazole rings is 1. The van der Waals surface area contributed by atoms with Gasteiger partial charge in [0.1, 0.15) is 5.75 Å². The molecule has 6 heteroatoms. The van der Waals surface area contributed by atoms with E-state index < -0.39 is 5.97 Å². The molecule has 0 atom stereocenters. The Balaban J connectivity index is 2.92. The van der Waals surface area contributed by atoms with Crippen LogP contribution in [0.15, 0.2) is 16.9 Å². The molecule has 1 aromatic heterocycles. The lowest BCUT2D eigenvalue weighted by Gasteiger charge is -1.97. The number of carboxylic acids is 1. The number of carboxylic acid groups (broad SMARTS) is 1. The lowest BCUT2D eigenvalue weighted by atomic mass is 10.2. The van der Waals surface area contributed by atoms with Gasteiger partial charge in [-0.1, -0.05) is 11.3 Å². The van der Waals surface area contributed by atoms with Gasteiger partial charge in [-0.3, -0.25) is 4.79 Å². The molecule has 14 heavy (non-hydrogen) atoms. The third-order valence-electron chi connectivity index (χ3n) is 1.74. The predicted octanol–water partition coefficient (Wildman–Crippen LogP) is 0.993. The van der Waals surface area contributed by atoms with Crippen molar-refractivity contribution >= 4 is 27.5 Å². The molecule has 0 aliphatic rings. The van der Waals surface area contributed by atoms with Crippen LogP contribution in [-0.4, -0.2) is 21.2 Å². The van der Waals surface area contributed by atoms with Crippen molar-refractivity contribution in [3.63, 3.8) is 0 Å². The number of H-pyrrole nitrogens is 1. The quantitative estimate of drug-likeness (QED) is 0.656. The first kappa shape index (κ1) is 8.76. The molecule has 0 amide bonds. The first-order valence-electron chi connectivity index (χ1n) is 3.67. The van der Waals surface area contributed by atoms with E-state index in [2.05, 4.69) is 4.98 Å². The van der Waals surface area contributed by atoms with Gasteiger partial charge in [0.05, 0.1) is 15.8 Å². The number of aromatic hydroxyl groups is 1. The predicted molar refractivity (Wildman–Crippen MR) is 51.1 cm³/mol. The number of fused-ring (bicyclic) bond motifs is 1. The van der Waals surface area contributed by atoms with Crippen molar-refractivity contribution < 1.29 is 15.0 Å². The molecule has 0 unspecified atom stereocenters. The molecule has 0 radical (unpaired) electrons. The standard InChI is InChI=1S/C8H5NO4S/c10-3-1-4(7(11)12)6-5(2-3)9-8(13)14-6/h1-2,10H,(H,9,13)(H,11,12). The fourth-order valence-corrected chi connectivity index (χ4v) is 2.03. The summed E-state index contributed by atoms with van der Waals surface area (Å²) in [5.41, 5.74) is 0.278. The maximum atomic E-state index is 11.0. The summed E-state index contributed by atoms with van der Waals surface area (Å²) >= 11 is 0.813. The summed E-state index contributed by atoms with van der Waals surface area (Å²) < 4.78 is 0.348. The summed E-state index contributed by atoms with van der Waals surface area (Å²) in [4.78, 5) is 23.8. The Bertz CT molecular complexity index is 568. The number of aromatic carboxylic acids is 1. The van der Waals surface area contributed by atoms with Crippen LogP contribution in [0, 0.1) is 0 Å². The number of aromatic amines is 1. The number of nitrogens with one attached hydrogen (secondary N) is 1. The Morgan fingerprint density at radius 3 is 2.79 bits per heavy atom. The number of carbonyl (C=O) groups is 1. The molecule has 0 bridgehead atoms. The van der Waals surface area contributed by atoms with Crippen LogP contribution in [0.2, 0.25) is 0 Å². The van der Waals surface area contributed by atoms with Crippen molar-refractivity contribution in [2.45, 2.75) is 0 Å². The van der Waals surface area contributed by atoms with Crippen molar-refractivity contribution in [3.8, 4) is 5.75 Å². The molecule has 2 rings (SSSR count). The smallest absolute Gasteiger partial charge is 0.337 e. The second kappa shape index (κ2) is 2.85. The van der Waals surface area contributed by atoms with Gasteiger partial charge in [0.15, 0.2) is 0 Å². The third-order valence-corrected chi connectivity index (χ3v) is 2.67. The molecule has 2 aromatic rings. The monoisotopic (exact) mass is 211 g/mol. The molecule has 5 nitrogen and oxygen atoms in total. The summed E-state index contributed by atoms with van der Waals surface area (Å²) in [6.07, 6.45) is 0. The minimum Gasteiger partial charge on any atom is -0.508 e. The van der Waals surface area contributed by atoms with Gasteiger partial charge in [-0.15, -0.1) is 0 Å². The molecule has 0 saturated heterocycles. The van der Waals surface area contributed by atoms with Crippen molar-refractivity contribution in [1.82, 2.24) is 4.98 Å². The third kappa shape index (κ3) is 1.25. The number of phenols is 1. The van der Waals surface area contributed by atoms with Crippen molar-refractivity contribution in [2.24, 2.45) is 0 Å². The number of rotatable bonds is 1. The Kier molecular flexibility index (Phi) is 1.78. The zero-order valence-electron chi connectivity index (χ0n) is 6.77. The van der Waals surface area contributed by atoms with Gasteiger partial charge in [0.25, 0.3) is 0 Å². The molecule has 3 N–H and O–H groups in total. The van der Waals surface area contributed by atoms with Crippen molar-refractivity contribution in [1.29, 1.82) is 0 Å². The number of benzene rings is 1. The number of hydrogen-bond donors (Lipinski definition) is 3. The highest BCUT2D eigenvalue weighted by Crippen LogP contribution is 2.25. The second-order valence-corrected chi connectivity index (χ2v) is 3.67. The molecule has 0 spiro atoms. The Morgan fingerprint density at radius 1 is 1.43 bits per heavy atom. The fourth-order valence-electron chi connectivity index (χ4n) is 1.20. The maximum Gasteiger partial charge on any atom is 0.337 e. The van der Waals surface area contributed by atoms with E-state index in [-0.39, 0.29) is 16.2 Å². The molecular weight excluding hydrogens is 206 g/mol. The number of hydrogen-bond acceptors (Lipinski definition) is 4. The number of phenolic OH excluding ortho intramolecular Hbond substituents is 1. The lowest BCUT2D eigenvalue weighted by Crippen LogP contribution is -1.95. The first-order chi connectivity index (χ1) is 6.58. The Hall–Kier alpha value is -1.82. The Morgan fingerprint density at radius 2 is 2.14 bits per heavy atom. The highest BCUT2D eigenvalue weighted by Gasteiger charge is 2.12. The van der Waals surface area contributed by atoms with Crippen LogP contribution in [0.25, 0.3) is 10.2 Å². The number of aromatic nitrogens is 1. The summed E-state index contributed by atoms with van der Waals surface area (Å²) in [7, 11) is 0. The minimum atomic E-state index is -1.17. The van der Waals surface area contributed by atoms with E-state index in [9.17, 15) is 14.7 Å². The highest BCUT2D eigenvalue weighted by molar-refractivity contribution is 7.16. The van der Waals surface area contributed by atoms with Crippen LogP contribution in [0.5, 0.6) is 5.75 Å². The fraction of sp³-hybridized carbons (Fsp3) is 0. The van der Waals surface area contributed by atoms with Crippen LogP contribution in [-0.2, 0) is 0 Å². The SMILES string of the molecule is O=C(O)c1cc(O)cc2[nH]c(=O)sc12. The summed E-state index contributed by atoms with van der Waals surface area (Å²) in [5.74, 6) is -1.34. The van der Waals surface area contributed by atoms with Crippen LogP contribution in [0.1, 0.15) is 10.4 Å². The van der Waals surface area contributed by atoms with E-state index in [0.717, 1.165) is 17.4 Å². The van der Waals surface area contributed by atoms with E-state index in [1.54, 1.807) is 0 Å². The highest BCUT2D eigenvalue weighted by atomic mass is 32.1. The first-order valence-corrected chi connectivity index (χ1v) is 4.48. The summed E-state index contributed by atoms with van der Waals surface area (Å²) in [6.45, 7) is 0. The van der Waals surface area contributed by atoms with Gasteiger partial charge in [0.2, 0.25) is 0 Å². The van der Waals surface area contributed by atoms with E-state index in [4.69, 9.17) is 5.11 Å². The van der Waals surface area contributed by atoms with Crippen molar-refractivity contribution in [3.05, 3.63) is 27.4 Å². The lowest BCUT2D eigenvalue weighted by molar-refractivity contribution is 0.0699. The van der Waals surface area contributed by atoms with Crippen LogP contribution >= 0.6 is 11.3 Å². The van der Waals surface area contributed by atoms with Gasteiger partial charge in [-0.05, 0) is 6.07 Å². The molecular formula is C8H5NO4S. The zero-order valence-corrected chi connectivity index (χ0v) is 7.59. The van der Waals surface area contributed by atoms with Crippen LogP contribution < -0.4 is 4.87 Å². The summed E-state index contributed by atoms with van der Waals surface area (Å²) in [6, 6.07) is 2.44. The molecule has 0 saturated carbocycles. The molecule has 1 heterocycles. The molecule has 72 valence electrons. The average molecular weight is 211 g/mol. The van der Waals surface area contributed by atoms with Gasteiger partial charge in [-0.2, -0.15) is 0 Å². The van der Waals surface area contributed by atoms with Gasteiger partial charge < -0.3 is 15.2 Å². The molecule has 0 fully saturated rings. The van der Waals surface area contributed by atoms with Gasteiger partial charge in [0, 0.05) is 6.07 Å². The van der Waals surface area contributed by atoms with E-state index in [1.165, 1.54) is 6.07 Å². The van der Waals surface area contributed by atoms with Crippen LogP contribution in [0.3, 0.4) is 0 Å². The van der Waals surface area contributed by atoms with Crippen LogP contribution in [0.4, 0.5) is 0 Å². The Labute approximate surface area is 81.2 Å². The van der Waals surface area contributed by atoms with E-state index in [1.807, 2.05) is 0 Å². The van der Waals surface area contributed by atoms with Gasteiger partial charge >= 0.3 is 10.8 Å². The normalized spacial score (nSPS) is 10.6.